The third-order valence-electron chi connectivity index (χ3n) is 2.47. The van der Waals surface area contributed by atoms with E-state index in [1.54, 1.807) is 12.1 Å². The van der Waals surface area contributed by atoms with Crippen LogP contribution in [0.3, 0.4) is 0 Å². The van der Waals surface area contributed by atoms with Gasteiger partial charge in [0.15, 0.2) is 0 Å². The maximum atomic E-state index is 11.9. The van der Waals surface area contributed by atoms with Crippen LogP contribution in [-0.2, 0) is 16.1 Å². The van der Waals surface area contributed by atoms with E-state index in [1.165, 1.54) is 18.6 Å². The number of benzene rings is 2. The lowest BCUT2D eigenvalue weighted by Gasteiger charge is -2.07. The molecule has 0 bridgehead atoms. The van der Waals surface area contributed by atoms with Gasteiger partial charge in [-0.3, -0.25) is 0 Å². The molecule has 0 N–H and O–H groups in total. The van der Waals surface area contributed by atoms with Gasteiger partial charge in [0, 0.05) is 0 Å². The van der Waals surface area contributed by atoms with Gasteiger partial charge in [-0.1, -0.05) is 42.5 Å². The summed E-state index contributed by atoms with van der Waals surface area (Å²) in [5.41, 5.74) is 1.08. The quantitative estimate of drug-likeness (QED) is 0.770. The molecule has 0 amide bonds. The summed E-state index contributed by atoms with van der Waals surface area (Å²) in [5, 5.41) is 0. The average molecular weight is 255 g/mol. The van der Waals surface area contributed by atoms with E-state index in [0.717, 1.165) is 5.56 Å². The molecule has 0 unspecified atom stereocenters. The predicted molar refractivity (Wildman–Crippen MR) is 68.3 cm³/mol. The van der Waals surface area contributed by atoms with Gasteiger partial charge >= 0.3 is 12.4 Å². The van der Waals surface area contributed by atoms with E-state index in [1.807, 2.05) is 30.3 Å². The van der Waals surface area contributed by atoms with E-state index in [9.17, 15) is 9.59 Å². The van der Waals surface area contributed by atoms with Crippen molar-refractivity contribution >= 4 is 12.4 Å². The maximum absolute atomic E-state index is 11.9. The van der Waals surface area contributed by atoms with Crippen LogP contribution >= 0.6 is 0 Å². The van der Waals surface area contributed by atoms with Crippen LogP contribution < -0.4 is 4.74 Å². The molecule has 19 heavy (non-hydrogen) atoms. The van der Waals surface area contributed by atoms with Gasteiger partial charge in [0.25, 0.3) is 0 Å². The topological polar surface area (TPSA) is 52.6 Å². The van der Waals surface area contributed by atoms with Gasteiger partial charge in [-0.25, -0.2) is 9.59 Å². The molecule has 95 valence electrons. The Morgan fingerprint density at radius 3 is 2.42 bits per heavy atom. The van der Waals surface area contributed by atoms with Crippen molar-refractivity contribution in [3.8, 4) is 5.75 Å². The molecule has 4 nitrogen and oxygen atoms in total. The SMILES string of the molecule is O=[C]Oc1ccccc1C(=O)OCc1ccccc1. The summed E-state index contributed by atoms with van der Waals surface area (Å²) >= 11 is 0. The van der Waals surface area contributed by atoms with Crippen LogP contribution in [0.4, 0.5) is 0 Å². The number of ether oxygens (including phenoxy) is 2. The molecule has 0 saturated carbocycles. The van der Waals surface area contributed by atoms with Crippen molar-refractivity contribution in [2.45, 2.75) is 6.61 Å². The van der Waals surface area contributed by atoms with Gasteiger partial charge in [0.05, 0.1) is 0 Å². The van der Waals surface area contributed by atoms with Gasteiger partial charge < -0.3 is 9.47 Å². The zero-order valence-corrected chi connectivity index (χ0v) is 10.0. The molecular weight excluding hydrogens is 244 g/mol. The molecule has 2 aromatic carbocycles. The van der Waals surface area contributed by atoms with Gasteiger partial charge in [0.1, 0.15) is 17.9 Å². The van der Waals surface area contributed by atoms with Crippen LogP contribution in [-0.4, -0.2) is 12.4 Å². The lowest BCUT2D eigenvalue weighted by Crippen LogP contribution is -2.07. The molecule has 0 aliphatic rings. The molecule has 2 aromatic rings. The summed E-state index contributed by atoms with van der Waals surface area (Å²) in [6.07, 6.45) is 0. The van der Waals surface area contributed by atoms with Gasteiger partial charge in [-0.2, -0.15) is 0 Å². The van der Waals surface area contributed by atoms with E-state index >= 15 is 0 Å². The highest BCUT2D eigenvalue weighted by Crippen LogP contribution is 2.18. The molecule has 1 radical (unpaired) electrons. The second-order valence-electron chi connectivity index (χ2n) is 3.74. The number of rotatable bonds is 5. The number of esters is 1. The van der Waals surface area contributed by atoms with Crippen molar-refractivity contribution < 1.29 is 19.1 Å². The Labute approximate surface area is 110 Å². The normalized spacial score (nSPS) is 9.68. The highest BCUT2D eigenvalue weighted by atomic mass is 16.5. The zero-order chi connectivity index (χ0) is 13.5. The maximum Gasteiger partial charge on any atom is 0.423 e. The molecule has 4 heteroatoms. The summed E-state index contributed by atoms with van der Waals surface area (Å²) in [4.78, 5) is 22.1. The molecule has 0 fully saturated rings. The Bertz CT molecular complexity index is 563. The molecule has 0 aromatic heterocycles. The molecule has 0 atom stereocenters. The van der Waals surface area contributed by atoms with Gasteiger partial charge in [0.2, 0.25) is 0 Å². The smallest absolute Gasteiger partial charge is 0.423 e. The van der Waals surface area contributed by atoms with Crippen LogP contribution in [0.1, 0.15) is 15.9 Å². The first kappa shape index (κ1) is 12.8. The zero-order valence-electron chi connectivity index (χ0n) is 10.0. The number of hydrogen-bond donors (Lipinski definition) is 0. The first-order valence-corrected chi connectivity index (χ1v) is 5.65. The van der Waals surface area contributed by atoms with E-state index in [4.69, 9.17) is 4.74 Å². The first-order chi connectivity index (χ1) is 9.31. The highest BCUT2D eigenvalue weighted by Gasteiger charge is 2.13. The van der Waals surface area contributed by atoms with E-state index in [0.29, 0.717) is 0 Å². The number of carbonyl (C=O) groups excluding carboxylic acids is 2. The Kier molecular flexibility index (Phi) is 4.29. The number of para-hydroxylation sites is 1. The lowest BCUT2D eigenvalue weighted by molar-refractivity contribution is 0.0470. The Morgan fingerprint density at radius 1 is 1.00 bits per heavy atom. The molecule has 0 aliphatic carbocycles. The van der Waals surface area contributed by atoms with Crippen molar-refractivity contribution in [1.29, 1.82) is 0 Å². The van der Waals surface area contributed by atoms with E-state index in [2.05, 4.69) is 4.74 Å². The summed E-state index contributed by atoms with van der Waals surface area (Å²) in [7, 11) is 0. The van der Waals surface area contributed by atoms with E-state index < -0.39 is 5.97 Å². The second kappa shape index (κ2) is 6.35. The van der Waals surface area contributed by atoms with Crippen molar-refractivity contribution in [3.05, 3.63) is 65.7 Å². The van der Waals surface area contributed by atoms with Crippen LogP contribution in [0.15, 0.2) is 54.6 Å². The predicted octanol–water partition coefficient (Wildman–Crippen LogP) is 2.49. The number of hydrogen-bond acceptors (Lipinski definition) is 4. The Balaban J connectivity index is 2.06. The van der Waals surface area contributed by atoms with Gasteiger partial charge in [-0.05, 0) is 17.7 Å². The largest absolute Gasteiger partial charge is 0.457 e. The van der Waals surface area contributed by atoms with Crippen molar-refractivity contribution in [3.63, 3.8) is 0 Å². The summed E-state index contributed by atoms with van der Waals surface area (Å²) < 4.78 is 9.76. The summed E-state index contributed by atoms with van der Waals surface area (Å²) in [5.74, 6) is -0.412. The van der Waals surface area contributed by atoms with Crippen LogP contribution in [0.5, 0.6) is 5.75 Å². The molecule has 0 heterocycles. The minimum absolute atomic E-state index is 0.135. The molecule has 0 aliphatic heterocycles. The fraction of sp³-hybridized carbons (Fsp3) is 0.0667. The molecular formula is C15H11O4. The molecule has 0 saturated heterocycles. The molecule has 0 spiro atoms. The first-order valence-electron chi connectivity index (χ1n) is 5.65. The Hall–Kier alpha value is -2.62. The fourth-order valence-corrected chi connectivity index (χ4v) is 1.57. The minimum Gasteiger partial charge on any atom is -0.457 e. The van der Waals surface area contributed by atoms with Crippen molar-refractivity contribution in [1.82, 2.24) is 0 Å². The second-order valence-corrected chi connectivity index (χ2v) is 3.74. The lowest BCUT2D eigenvalue weighted by atomic mass is 10.2. The summed E-state index contributed by atoms with van der Waals surface area (Å²) in [6.45, 7) is 1.46. The van der Waals surface area contributed by atoms with Crippen molar-refractivity contribution in [2.24, 2.45) is 0 Å². The highest BCUT2D eigenvalue weighted by molar-refractivity contribution is 5.92. The monoisotopic (exact) mass is 255 g/mol. The van der Waals surface area contributed by atoms with Gasteiger partial charge in [-0.15, -0.1) is 0 Å². The Morgan fingerprint density at radius 2 is 1.68 bits per heavy atom. The van der Waals surface area contributed by atoms with Crippen molar-refractivity contribution in [2.75, 3.05) is 0 Å². The van der Waals surface area contributed by atoms with E-state index in [-0.39, 0.29) is 17.9 Å². The van der Waals surface area contributed by atoms with Crippen LogP contribution in [0.25, 0.3) is 0 Å². The fourth-order valence-electron chi connectivity index (χ4n) is 1.57. The summed E-state index contributed by atoms with van der Waals surface area (Å²) in [6, 6.07) is 15.7. The minimum atomic E-state index is -0.547. The third-order valence-corrected chi connectivity index (χ3v) is 2.47. The average Bonchev–Trinajstić information content (AvgIpc) is 2.47. The van der Waals surface area contributed by atoms with Crippen LogP contribution in [0, 0.1) is 0 Å². The standard InChI is InChI=1S/C15H11O4/c16-11-19-14-9-5-4-8-13(14)15(17)18-10-12-6-2-1-3-7-12/h1-9H,10H2. The molecule has 2 rings (SSSR count). The number of carbonyl (C=O) groups is 1. The third kappa shape index (κ3) is 3.42. The van der Waals surface area contributed by atoms with Crippen LogP contribution in [0.2, 0.25) is 0 Å².